The monoisotopic (exact) mass is 290 g/mol. The molecule has 0 rings (SSSR count). The summed E-state index contributed by atoms with van der Waals surface area (Å²) in [7, 11) is 0. The van der Waals surface area contributed by atoms with E-state index in [1.807, 2.05) is 0 Å². The number of carbonyl (C=O) groups is 2. The quantitative estimate of drug-likeness (QED) is 0.572. The van der Waals surface area contributed by atoms with Crippen LogP contribution in [-0.2, 0) is 9.59 Å². The maximum atomic E-state index is 10.6. The molecule has 0 aromatic heterocycles. The van der Waals surface area contributed by atoms with E-state index in [-0.39, 0.29) is 12.8 Å². The van der Waals surface area contributed by atoms with Gasteiger partial charge in [-0.05, 0) is 25.7 Å². The van der Waals surface area contributed by atoms with E-state index < -0.39 is 11.9 Å². The van der Waals surface area contributed by atoms with Gasteiger partial charge in [-0.2, -0.15) is 11.8 Å². The molecule has 0 bridgehead atoms. The number of thioether (sulfide) groups is 1. The zero-order valence-electron chi connectivity index (χ0n) is 11.9. The Kier molecular flexibility index (Phi) is 10.7. The van der Waals surface area contributed by atoms with E-state index in [0.29, 0.717) is 23.3 Å². The van der Waals surface area contributed by atoms with Gasteiger partial charge in [0, 0.05) is 23.3 Å². The first-order valence-corrected chi connectivity index (χ1v) is 8.02. The first-order chi connectivity index (χ1) is 8.99. The molecule has 0 aromatic rings. The summed E-state index contributed by atoms with van der Waals surface area (Å²) in [4.78, 5) is 21.3. The second kappa shape index (κ2) is 11.1. The summed E-state index contributed by atoms with van der Waals surface area (Å²) < 4.78 is 0. The SMILES string of the molecule is CCCC(CCC(=O)O)SC(CCC)CCC(=O)O. The summed E-state index contributed by atoms with van der Waals surface area (Å²) in [6, 6.07) is 0. The number of carboxylic acid groups (broad SMARTS) is 2. The summed E-state index contributed by atoms with van der Waals surface area (Å²) >= 11 is 1.80. The fourth-order valence-corrected chi connectivity index (χ4v) is 3.84. The highest BCUT2D eigenvalue weighted by Crippen LogP contribution is 2.31. The van der Waals surface area contributed by atoms with Crippen LogP contribution in [0.2, 0.25) is 0 Å². The van der Waals surface area contributed by atoms with E-state index in [4.69, 9.17) is 10.2 Å². The number of rotatable bonds is 12. The Morgan fingerprint density at radius 1 is 0.842 bits per heavy atom. The van der Waals surface area contributed by atoms with Crippen LogP contribution in [0.3, 0.4) is 0 Å². The van der Waals surface area contributed by atoms with Crippen molar-refractivity contribution in [2.24, 2.45) is 0 Å². The van der Waals surface area contributed by atoms with Gasteiger partial charge < -0.3 is 10.2 Å². The molecule has 0 amide bonds. The van der Waals surface area contributed by atoms with Gasteiger partial charge in [-0.1, -0.05) is 26.7 Å². The van der Waals surface area contributed by atoms with Crippen LogP contribution in [-0.4, -0.2) is 32.7 Å². The van der Waals surface area contributed by atoms with Gasteiger partial charge in [-0.3, -0.25) is 9.59 Å². The molecule has 4 nitrogen and oxygen atoms in total. The average molecular weight is 290 g/mol. The van der Waals surface area contributed by atoms with Crippen molar-refractivity contribution >= 4 is 23.7 Å². The molecule has 0 aliphatic carbocycles. The van der Waals surface area contributed by atoms with Crippen molar-refractivity contribution in [1.29, 1.82) is 0 Å². The highest BCUT2D eigenvalue weighted by molar-refractivity contribution is 8.00. The maximum absolute atomic E-state index is 10.6. The van der Waals surface area contributed by atoms with Crippen molar-refractivity contribution < 1.29 is 19.8 Å². The van der Waals surface area contributed by atoms with E-state index in [1.165, 1.54) is 0 Å². The zero-order valence-corrected chi connectivity index (χ0v) is 12.7. The Morgan fingerprint density at radius 2 is 1.21 bits per heavy atom. The van der Waals surface area contributed by atoms with Crippen molar-refractivity contribution in [2.45, 2.75) is 75.7 Å². The number of hydrogen-bond donors (Lipinski definition) is 2. The summed E-state index contributed by atoms with van der Waals surface area (Å²) in [5.41, 5.74) is 0. The molecule has 0 aliphatic rings. The lowest BCUT2D eigenvalue weighted by Crippen LogP contribution is -2.14. The summed E-state index contributed by atoms with van der Waals surface area (Å²) in [5.74, 6) is -1.50. The van der Waals surface area contributed by atoms with Gasteiger partial charge >= 0.3 is 11.9 Å². The van der Waals surface area contributed by atoms with Crippen LogP contribution in [0.25, 0.3) is 0 Å². The van der Waals surface area contributed by atoms with Crippen molar-refractivity contribution in [3.63, 3.8) is 0 Å². The standard InChI is InChI=1S/C14H26O4S/c1-3-5-11(7-9-13(15)16)19-12(6-4-2)8-10-14(17)18/h11-12H,3-10H2,1-2H3,(H,15,16)(H,17,18). The summed E-state index contributed by atoms with van der Waals surface area (Å²) in [6.45, 7) is 4.20. The normalized spacial score (nSPS) is 14.0. The first kappa shape index (κ1) is 18.3. The van der Waals surface area contributed by atoms with Gasteiger partial charge in [0.15, 0.2) is 0 Å². The Labute approximate surface area is 120 Å². The van der Waals surface area contributed by atoms with Crippen LogP contribution in [0.15, 0.2) is 0 Å². The maximum Gasteiger partial charge on any atom is 0.303 e. The van der Waals surface area contributed by atoms with Crippen LogP contribution in [0.5, 0.6) is 0 Å². The minimum atomic E-state index is -0.751. The molecule has 2 unspecified atom stereocenters. The van der Waals surface area contributed by atoms with Gasteiger partial charge in [-0.15, -0.1) is 0 Å². The molecule has 0 radical (unpaired) electrons. The van der Waals surface area contributed by atoms with Gasteiger partial charge in [-0.25, -0.2) is 0 Å². The Balaban J connectivity index is 4.27. The van der Waals surface area contributed by atoms with Crippen LogP contribution < -0.4 is 0 Å². The molecule has 5 heteroatoms. The molecule has 112 valence electrons. The molecule has 0 heterocycles. The third-order valence-corrected chi connectivity index (χ3v) is 4.68. The van der Waals surface area contributed by atoms with Gasteiger partial charge in [0.1, 0.15) is 0 Å². The van der Waals surface area contributed by atoms with Gasteiger partial charge in [0.25, 0.3) is 0 Å². The van der Waals surface area contributed by atoms with Crippen LogP contribution in [0, 0.1) is 0 Å². The number of carboxylic acids is 2. The topological polar surface area (TPSA) is 74.6 Å². The van der Waals surface area contributed by atoms with Crippen molar-refractivity contribution in [3.05, 3.63) is 0 Å². The van der Waals surface area contributed by atoms with E-state index in [2.05, 4.69) is 13.8 Å². The van der Waals surface area contributed by atoms with Crippen molar-refractivity contribution in [2.75, 3.05) is 0 Å². The van der Waals surface area contributed by atoms with E-state index in [0.717, 1.165) is 25.7 Å². The molecular weight excluding hydrogens is 264 g/mol. The molecule has 0 saturated carbocycles. The van der Waals surface area contributed by atoms with Gasteiger partial charge in [0.2, 0.25) is 0 Å². The Hall–Kier alpha value is -0.710. The molecule has 0 fully saturated rings. The second-order valence-corrected chi connectivity index (χ2v) is 6.43. The smallest absolute Gasteiger partial charge is 0.303 e. The van der Waals surface area contributed by atoms with Crippen LogP contribution in [0.1, 0.15) is 65.2 Å². The fourth-order valence-electron chi connectivity index (χ4n) is 2.05. The highest BCUT2D eigenvalue weighted by atomic mass is 32.2. The molecule has 19 heavy (non-hydrogen) atoms. The molecule has 0 aliphatic heterocycles. The first-order valence-electron chi connectivity index (χ1n) is 7.08. The Bertz CT molecular complexity index is 242. The Morgan fingerprint density at radius 3 is 1.47 bits per heavy atom. The summed E-state index contributed by atoms with van der Waals surface area (Å²) in [5, 5.41) is 18.2. The fraction of sp³-hybridized carbons (Fsp3) is 0.857. The van der Waals surface area contributed by atoms with Crippen LogP contribution in [0.4, 0.5) is 0 Å². The lowest BCUT2D eigenvalue weighted by atomic mass is 10.1. The second-order valence-electron chi connectivity index (χ2n) is 4.82. The van der Waals surface area contributed by atoms with E-state index in [9.17, 15) is 9.59 Å². The number of aliphatic carboxylic acids is 2. The molecule has 0 aromatic carbocycles. The third kappa shape index (κ3) is 10.9. The van der Waals surface area contributed by atoms with Crippen molar-refractivity contribution in [1.82, 2.24) is 0 Å². The summed E-state index contributed by atoms with van der Waals surface area (Å²) in [6.07, 6.45) is 5.85. The van der Waals surface area contributed by atoms with E-state index >= 15 is 0 Å². The molecule has 0 saturated heterocycles. The third-order valence-electron chi connectivity index (χ3n) is 2.97. The average Bonchev–Trinajstić information content (AvgIpc) is 2.33. The lowest BCUT2D eigenvalue weighted by Gasteiger charge is -2.22. The zero-order chi connectivity index (χ0) is 14.7. The largest absolute Gasteiger partial charge is 0.481 e. The molecule has 2 atom stereocenters. The minimum absolute atomic E-state index is 0.204. The predicted molar refractivity (Wildman–Crippen MR) is 78.7 cm³/mol. The lowest BCUT2D eigenvalue weighted by molar-refractivity contribution is -0.138. The number of hydrogen-bond acceptors (Lipinski definition) is 3. The van der Waals surface area contributed by atoms with Gasteiger partial charge in [0.05, 0.1) is 0 Å². The van der Waals surface area contributed by atoms with Crippen molar-refractivity contribution in [3.8, 4) is 0 Å². The molecule has 2 N–H and O–H groups in total. The highest BCUT2D eigenvalue weighted by Gasteiger charge is 2.18. The predicted octanol–water partition coefficient (Wildman–Crippen LogP) is 3.79. The van der Waals surface area contributed by atoms with E-state index in [1.54, 1.807) is 11.8 Å². The van der Waals surface area contributed by atoms with Crippen LogP contribution >= 0.6 is 11.8 Å². The molecular formula is C14H26O4S. The minimum Gasteiger partial charge on any atom is -0.481 e. The molecule has 0 spiro atoms.